The molecule has 234 valence electrons. The van der Waals surface area contributed by atoms with Gasteiger partial charge in [-0.15, -0.1) is 0 Å². The van der Waals surface area contributed by atoms with Crippen molar-refractivity contribution in [2.75, 3.05) is 23.3 Å². The Hall–Kier alpha value is -4.62. The molecule has 1 aliphatic heterocycles. The quantitative estimate of drug-likeness (QED) is 0.277. The number of benzene rings is 1. The fraction of sp³-hybridized carbons (Fsp3) is 0.433. The molecular weight excluding hydrogens is 579 g/mol. The highest BCUT2D eigenvalue weighted by atomic mass is 19.3. The van der Waals surface area contributed by atoms with Gasteiger partial charge in [-0.05, 0) is 72.2 Å². The van der Waals surface area contributed by atoms with Gasteiger partial charge in [0, 0.05) is 18.6 Å². The number of hydrogen-bond acceptors (Lipinski definition) is 9. The number of ether oxygens (including phenoxy) is 3. The van der Waals surface area contributed by atoms with E-state index in [1.54, 1.807) is 25.3 Å². The molecule has 0 spiro atoms. The molecule has 14 heteroatoms. The number of fused-ring (bicyclic) bond motifs is 1. The summed E-state index contributed by atoms with van der Waals surface area (Å²) in [5.41, 5.74) is 0.602. The van der Waals surface area contributed by atoms with Crippen LogP contribution in [0, 0.1) is 12.7 Å². The van der Waals surface area contributed by atoms with E-state index in [1.807, 2.05) is 41.5 Å². The van der Waals surface area contributed by atoms with Gasteiger partial charge in [0.05, 0.1) is 30.0 Å². The summed E-state index contributed by atoms with van der Waals surface area (Å²) in [6.45, 7) is 11.7. The summed E-state index contributed by atoms with van der Waals surface area (Å²) in [6.07, 6.45) is 1.56. The first-order valence-electron chi connectivity index (χ1n) is 13.9. The first-order valence-corrected chi connectivity index (χ1v) is 13.9. The van der Waals surface area contributed by atoms with Crippen LogP contribution in [0.4, 0.5) is 29.3 Å². The van der Waals surface area contributed by atoms with E-state index in [9.17, 15) is 9.18 Å². The standard InChI is InChI=1S/C30H34F3N7O4/c1-17-8-9-20(19(31)12-17)36-27(41)42-23-15-39(16-30(23,32)33)22-13-21(38-40-11-10-34-24(22)40)18-14-35-26(44-29(5,6)7)37-25(18)43-28(2,3)4/h8-14,23H,15-16H2,1-7H3,(H,36,41). The maximum absolute atomic E-state index is 15.2. The van der Waals surface area contributed by atoms with Crippen molar-refractivity contribution < 1.29 is 32.2 Å². The molecule has 1 N–H and O–H groups in total. The topological polar surface area (TPSA) is 116 Å². The van der Waals surface area contributed by atoms with Crippen LogP contribution in [0.5, 0.6) is 11.9 Å². The Labute approximate surface area is 252 Å². The number of hydrogen-bond donors (Lipinski definition) is 1. The van der Waals surface area contributed by atoms with Crippen molar-refractivity contribution in [3.05, 3.63) is 54.2 Å². The molecule has 1 aliphatic rings. The minimum Gasteiger partial charge on any atom is -0.471 e. The van der Waals surface area contributed by atoms with E-state index < -0.39 is 41.7 Å². The summed E-state index contributed by atoms with van der Waals surface area (Å²) < 4.78 is 63.2. The number of imidazole rings is 1. The molecule has 1 amide bonds. The van der Waals surface area contributed by atoms with Crippen LogP contribution in [0.25, 0.3) is 16.9 Å². The van der Waals surface area contributed by atoms with Gasteiger partial charge in [0.15, 0.2) is 11.8 Å². The molecule has 44 heavy (non-hydrogen) atoms. The predicted molar refractivity (Wildman–Crippen MR) is 157 cm³/mol. The Balaban J connectivity index is 1.46. The van der Waals surface area contributed by atoms with Crippen molar-refractivity contribution in [2.24, 2.45) is 0 Å². The van der Waals surface area contributed by atoms with Gasteiger partial charge >= 0.3 is 18.0 Å². The number of rotatable bonds is 6. The first kappa shape index (κ1) is 30.8. The second-order valence-electron chi connectivity index (χ2n) is 12.6. The van der Waals surface area contributed by atoms with E-state index in [0.717, 1.165) is 0 Å². The first-order chi connectivity index (χ1) is 20.5. The lowest BCUT2D eigenvalue weighted by Gasteiger charge is -2.24. The van der Waals surface area contributed by atoms with Gasteiger partial charge < -0.3 is 19.1 Å². The van der Waals surface area contributed by atoms with Crippen molar-refractivity contribution in [1.29, 1.82) is 0 Å². The smallest absolute Gasteiger partial charge is 0.412 e. The lowest BCUT2D eigenvalue weighted by atomic mass is 10.1. The zero-order chi connectivity index (χ0) is 32.0. The monoisotopic (exact) mass is 613 g/mol. The van der Waals surface area contributed by atoms with Crippen LogP contribution in [-0.2, 0) is 4.74 Å². The number of carbonyl (C=O) groups excluding carboxylic acids is 1. The van der Waals surface area contributed by atoms with Gasteiger partial charge in [-0.25, -0.2) is 32.4 Å². The molecule has 1 aromatic carbocycles. The third kappa shape index (κ3) is 6.95. The van der Waals surface area contributed by atoms with Gasteiger partial charge in [-0.2, -0.15) is 10.1 Å². The highest BCUT2D eigenvalue weighted by molar-refractivity contribution is 5.85. The molecule has 1 fully saturated rings. The maximum atomic E-state index is 15.2. The third-order valence-electron chi connectivity index (χ3n) is 6.36. The Kier molecular flexibility index (Phi) is 7.80. The summed E-state index contributed by atoms with van der Waals surface area (Å²) in [7, 11) is 0. The van der Waals surface area contributed by atoms with Crippen LogP contribution in [0.2, 0.25) is 0 Å². The minimum atomic E-state index is -3.42. The molecule has 5 rings (SSSR count). The summed E-state index contributed by atoms with van der Waals surface area (Å²) in [5, 5.41) is 6.81. The fourth-order valence-electron chi connectivity index (χ4n) is 4.53. The number of nitrogens with one attached hydrogen (secondary N) is 1. The lowest BCUT2D eigenvalue weighted by molar-refractivity contribution is -0.0735. The van der Waals surface area contributed by atoms with E-state index in [4.69, 9.17) is 14.2 Å². The second kappa shape index (κ2) is 11.1. The number of alkyl halides is 2. The Morgan fingerprint density at radius 1 is 1.07 bits per heavy atom. The Morgan fingerprint density at radius 2 is 1.80 bits per heavy atom. The van der Waals surface area contributed by atoms with E-state index in [0.29, 0.717) is 28.2 Å². The molecule has 4 aromatic rings. The van der Waals surface area contributed by atoms with Crippen LogP contribution in [0.1, 0.15) is 47.1 Å². The molecule has 0 saturated carbocycles. The van der Waals surface area contributed by atoms with Crippen LogP contribution in [-0.4, -0.2) is 67.0 Å². The molecular formula is C30H34F3N7O4. The minimum absolute atomic E-state index is 0.104. The molecule has 0 aliphatic carbocycles. The van der Waals surface area contributed by atoms with Crippen molar-refractivity contribution in [3.8, 4) is 23.1 Å². The number of anilines is 2. The Morgan fingerprint density at radius 3 is 2.48 bits per heavy atom. The number of halogens is 3. The molecule has 3 aromatic heterocycles. The molecule has 1 atom stereocenters. The number of amides is 1. The van der Waals surface area contributed by atoms with E-state index in [1.165, 1.54) is 33.9 Å². The predicted octanol–water partition coefficient (Wildman–Crippen LogP) is 6.06. The number of aryl methyl sites for hydroxylation is 1. The maximum Gasteiger partial charge on any atom is 0.412 e. The van der Waals surface area contributed by atoms with Gasteiger partial charge in [-0.1, -0.05) is 6.07 Å². The van der Waals surface area contributed by atoms with Crippen LogP contribution < -0.4 is 19.7 Å². The Bertz CT molecular complexity index is 1700. The number of carbonyl (C=O) groups is 1. The normalized spacial score (nSPS) is 16.7. The van der Waals surface area contributed by atoms with Crippen molar-refractivity contribution in [2.45, 2.75) is 71.7 Å². The van der Waals surface area contributed by atoms with Gasteiger partial charge in [0.2, 0.25) is 5.88 Å². The third-order valence-corrected chi connectivity index (χ3v) is 6.36. The van der Waals surface area contributed by atoms with Crippen molar-refractivity contribution >= 4 is 23.1 Å². The van der Waals surface area contributed by atoms with Gasteiger partial charge in [0.25, 0.3) is 0 Å². The molecule has 1 unspecified atom stereocenters. The molecule has 0 radical (unpaired) electrons. The summed E-state index contributed by atoms with van der Waals surface area (Å²) in [4.78, 5) is 27.0. The van der Waals surface area contributed by atoms with Crippen molar-refractivity contribution in [1.82, 2.24) is 24.6 Å². The van der Waals surface area contributed by atoms with Crippen LogP contribution >= 0.6 is 0 Å². The second-order valence-corrected chi connectivity index (χ2v) is 12.6. The van der Waals surface area contributed by atoms with Gasteiger partial charge in [-0.3, -0.25) is 5.32 Å². The zero-order valence-electron chi connectivity index (χ0n) is 25.5. The lowest BCUT2D eigenvalue weighted by Crippen LogP contribution is -2.37. The van der Waals surface area contributed by atoms with Crippen LogP contribution in [0.15, 0.2) is 42.9 Å². The molecule has 11 nitrogen and oxygen atoms in total. The number of aromatic nitrogens is 5. The van der Waals surface area contributed by atoms with Gasteiger partial charge in [0.1, 0.15) is 22.7 Å². The fourth-order valence-corrected chi connectivity index (χ4v) is 4.53. The van der Waals surface area contributed by atoms with Crippen molar-refractivity contribution in [3.63, 3.8) is 0 Å². The van der Waals surface area contributed by atoms with E-state index in [-0.39, 0.29) is 24.1 Å². The molecule has 4 heterocycles. The SMILES string of the molecule is Cc1ccc(NC(=O)OC2CN(c3cc(-c4cnc(OC(C)(C)C)nc4OC(C)(C)C)nn4ccnc34)CC2(F)F)c(F)c1. The summed E-state index contributed by atoms with van der Waals surface area (Å²) in [6, 6.07) is 5.82. The average molecular weight is 614 g/mol. The van der Waals surface area contributed by atoms with E-state index in [2.05, 4.69) is 25.4 Å². The summed E-state index contributed by atoms with van der Waals surface area (Å²) in [5.74, 6) is -3.94. The summed E-state index contributed by atoms with van der Waals surface area (Å²) >= 11 is 0. The molecule has 0 bridgehead atoms. The largest absolute Gasteiger partial charge is 0.471 e. The number of nitrogens with zero attached hydrogens (tertiary/aromatic N) is 6. The van der Waals surface area contributed by atoms with Crippen LogP contribution in [0.3, 0.4) is 0 Å². The highest BCUT2D eigenvalue weighted by Crippen LogP contribution is 2.38. The zero-order valence-corrected chi connectivity index (χ0v) is 25.5. The van der Waals surface area contributed by atoms with E-state index >= 15 is 8.78 Å². The molecule has 1 saturated heterocycles. The highest BCUT2D eigenvalue weighted by Gasteiger charge is 2.51. The average Bonchev–Trinajstić information content (AvgIpc) is 3.47.